The Morgan fingerprint density at radius 3 is 2.82 bits per heavy atom. The Balaban J connectivity index is 1.80. The highest BCUT2D eigenvalue weighted by atomic mass is 16.5. The summed E-state index contributed by atoms with van der Waals surface area (Å²) < 4.78 is 6.26. The van der Waals surface area contributed by atoms with Crippen LogP contribution >= 0.6 is 0 Å². The molecule has 0 aromatic heterocycles. The summed E-state index contributed by atoms with van der Waals surface area (Å²) in [4.78, 5) is 14.1. The lowest BCUT2D eigenvalue weighted by Crippen LogP contribution is -2.32. The lowest BCUT2D eigenvalue weighted by atomic mass is 9.88. The summed E-state index contributed by atoms with van der Waals surface area (Å²) >= 11 is 0. The number of allylic oxidation sites excluding steroid dienone is 1. The third-order valence-corrected chi connectivity index (χ3v) is 6.51. The lowest BCUT2D eigenvalue weighted by Gasteiger charge is -2.25. The summed E-state index contributed by atoms with van der Waals surface area (Å²) in [6.45, 7) is 9.61. The number of carboxylic acids is 1. The second kappa shape index (κ2) is 12.5. The molecule has 0 aliphatic carbocycles. The van der Waals surface area contributed by atoms with Crippen molar-refractivity contribution in [2.75, 3.05) is 13.1 Å². The third-order valence-electron chi connectivity index (χ3n) is 6.51. The summed E-state index contributed by atoms with van der Waals surface area (Å²) in [5.41, 5.74) is 11.6. The maximum absolute atomic E-state index is 11.6. The number of benzene rings is 2. The summed E-state index contributed by atoms with van der Waals surface area (Å²) in [5.74, 6) is 0.113. The van der Waals surface area contributed by atoms with Gasteiger partial charge in [-0.3, -0.25) is 9.69 Å². The number of aliphatic carboxylic acids is 1. The molecular weight excluding hydrogens is 426 g/mol. The van der Waals surface area contributed by atoms with Gasteiger partial charge in [-0.05, 0) is 61.8 Å². The molecule has 0 bridgehead atoms. The van der Waals surface area contributed by atoms with Gasteiger partial charge in [-0.2, -0.15) is 0 Å². The second-order valence-corrected chi connectivity index (χ2v) is 9.22. The van der Waals surface area contributed by atoms with Gasteiger partial charge in [0.25, 0.3) is 0 Å². The van der Waals surface area contributed by atoms with Crippen molar-refractivity contribution in [3.8, 4) is 5.75 Å². The first-order valence-corrected chi connectivity index (χ1v) is 12.4. The van der Waals surface area contributed by atoms with Gasteiger partial charge in [-0.25, -0.2) is 0 Å². The van der Waals surface area contributed by atoms with E-state index < -0.39 is 5.97 Å². The molecule has 1 aliphatic rings. The summed E-state index contributed by atoms with van der Waals surface area (Å²) in [7, 11) is 0. The summed E-state index contributed by atoms with van der Waals surface area (Å²) in [6, 6.07) is 14.7. The van der Waals surface area contributed by atoms with Crippen molar-refractivity contribution in [2.24, 2.45) is 5.73 Å². The minimum Gasteiger partial charge on any atom is -0.489 e. The van der Waals surface area contributed by atoms with Gasteiger partial charge < -0.3 is 20.9 Å². The molecule has 6 heteroatoms. The molecule has 0 fully saturated rings. The smallest absolute Gasteiger partial charge is 0.303 e. The fraction of sp³-hybridized carbons (Fsp3) is 0.464. The van der Waals surface area contributed by atoms with Crippen LogP contribution in [0.5, 0.6) is 5.75 Å². The minimum atomic E-state index is -0.784. The maximum Gasteiger partial charge on any atom is 0.303 e. The Labute approximate surface area is 203 Å². The van der Waals surface area contributed by atoms with Gasteiger partial charge in [0.2, 0.25) is 0 Å². The first kappa shape index (κ1) is 25.6. The fourth-order valence-electron chi connectivity index (χ4n) is 4.49. The van der Waals surface area contributed by atoms with E-state index in [1.54, 1.807) is 0 Å². The molecule has 1 heterocycles. The van der Waals surface area contributed by atoms with Gasteiger partial charge >= 0.3 is 5.97 Å². The van der Waals surface area contributed by atoms with Gasteiger partial charge in [-0.1, -0.05) is 43.3 Å². The number of carboxylic acid groups (broad SMARTS) is 1. The van der Waals surface area contributed by atoms with Crippen molar-refractivity contribution in [3.05, 3.63) is 76.6 Å². The molecule has 34 heavy (non-hydrogen) atoms. The fourth-order valence-corrected chi connectivity index (χ4v) is 4.49. The number of nitrogens with two attached hydrogens (primary N) is 1. The molecule has 2 aromatic carbocycles. The van der Waals surface area contributed by atoms with E-state index in [0.29, 0.717) is 12.8 Å². The standard InChI is InChI=1S/C28H39N3O3/c1-4-26-19-31(17-23-8-6-7-9-27(23)34-26)18-24-14-21(11-10-20(24)3)22(15-28(32)33)12-13-25(29)16-30-5-2/h6-11,14,16,22,26,30H,4-5,12-13,15,17-19,29H2,1-3H3,(H,32,33)/b25-16-. The third kappa shape index (κ3) is 7.26. The van der Waals surface area contributed by atoms with Crippen molar-refractivity contribution in [3.63, 3.8) is 0 Å². The predicted octanol–water partition coefficient (Wildman–Crippen LogP) is 4.92. The molecule has 2 aromatic rings. The molecule has 2 atom stereocenters. The molecule has 0 amide bonds. The highest BCUT2D eigenvalue weighted by molar-refractivity contribution is 5.68. The molecule has 4 N–H and O–H groups in total. The van der Waals surface area contributed by atoms with Crippen molar-refractivity contribution >= 4 is 5.97 Å². The van der Waals surface area contributed by atoms with Crippen LogP contribution in [0.15, 0.2) is 54.4 Å². The Hall–Kier alpha value is -2.99. The van der Waals surface area contributed by atoms with Crippen LogP contribution in [0.2, 0.25) is 0 Å². The molecule has 1 aliphatic heterocycles. The predicted molar refractivity (Wildman–Crippen MR) is 137 cm³/mol. The van der Waals surface area contributed by atoms with Gasteiger partial charge in [0.1, 0.15) is 11.9 Å². The largest absolute Gasteiger partial charge is 0.489 e. The van der Waals surface area contributed by atoms with Crippen LogP contribution in [0.3, 0.4) is 0 Å². The second-order valence-electron chi connectivity index (χ2n) is 9.22. The molecule has 0 saturated carbocycles. The quantitative estimate of drug-likeness (QED) is 0.437. The van der Waals surface area contributed by atoms with Crippen LogP contribution in [0.1, 0.15) is 67.7 Å². The Morgan fingerprint density at radius 1 is 1.29 bits per heavy atom. The van der Waals surface area contributed by atoms with Gasteiger partial charge in [0.15, 0.2) is 0 Å². The first-order valence-electron chi connectivity index (χ1n) is 12.4. The Bertz CT molecular complexity index is 989. The molecule has 2 unspecified atom stereocenters. The molecule has 0 spiro atoms. The van der Waals surface area contributed by atoms with Crippen molar-refractivity contribution < 1.29 is 14.6 Å². The van der Waals surface area contributed by atoms with E-state index in [-0.39, 0.29) is 18.4 Å². The summed E-state index contributed by atoms with van der Waals surface area (Å²) in [5, 5.41) is 12.7. The van der Waals surface area contributed by atoms with Crippen molar-refractivity contribution in [1.29, 1.82) is 0 Å². The van der Waals surface area contributed by atoms with Crippen LogP contribution < -0.4 is 15.8 Å². The minimum absolute atomic E-state index is 0.0815. The van der Waals surface area contributed by atoms with E-state index in [1.165, 1.54) is 16.7 Å². The van der Waals surface area contributed by atoms with E-state index in [2.05, 4.69) is 60.5 Å². The zero-order chi connectivity index (χ0) is 24.5. The summed E-state index contributed by atoms with van der Waals surface area (Å²) in [6.07, 6.45) is 4.38. The Kier molecular flexibility index (Phi) is 9.40. The number of nitrogens with zero attached hydrogens (tertiary/aromatic N) is 1. The average molecular weight is 466 g/mol. The molecule has 6 nitrogen and oxygen atoms in total. The van der Waals surface area contributed by atoms with E-state index in [0.717, 1.165) is 49.6 Å². The number of hydrogen-bond acceptors (Lipinski definition) is 5. The molecular formula is C28H39N3O3. The molecule has 184 valence electrons. The molecule has 3 rings (SSSR count). The SMILES string of the molecule is CCN/C=C(\N)CCC(CC(=O)O)c1ccc(C)c(CN2Cc3ccccc3OC(CC)C2)c1. The number of nitrogens with one attached hydrogen (secondary N) is 1. The number of hydrogen-bond donors (Lipinski definition) is 3. The number of ether oxygens (including phenoxy) is 1. The van der Waals surface area contributed by atoms with Crippen molar-refractivity contribution in [2.45, 2.75) is 71.6 Å². The van der Waals surface area contributed by atoms with Gasteiger partial charge in [-0.15, -0.1) is 0 Å². The highest BCUT2D eigenvalue weighted by Crippen LogP contribution is 2.30. The lowest BCUT2D eigenvalue weighted by molar-refractivity contribution is -0.137. The van der Waals surface area contributed by atoms with Crippen LogP contribution in [0.25, 0.3) is 0 Å². The zero-order valence-electron chi connectivity index (χ0n) is 20.7. The normalized spacial score (nSPS) is 17.4. The van der Waals surface area contributed by atoms with Gasteiger partial charge in [0, 0.05) is 43.6 Å². The number of rotatable bonds is 11. The van der Waals surface area contributed by atoms with Crippen LogP contribution in [0.4, 0.5) is 0 Å². The van der Waals surface area contributed by atoms with E-state index >= 15 is 0 Å². The average Bonchev–Trinajstić information content (AvgIpc) is 3.00. The zero-order valence-corrected chi connectivity index (χ0v) is 20.7. The first-order chi connectivity index (χ1) is 16.4. The molecule has 0 saturated heterocycles. The maximum atomic E-state index is 11.6. The number of fused-ring (bicyclic) bond motifs is 1. The van der Waals surface area contributed by atoms with Crippen LogP contribution in [-0.4, -0.2) is 35.2 Å². The monoisotopic (exact) mass is 465 g/mol. The van der Waals surface area contributed by atoms with Crippen LogP contribution in [-0.2, 0) is 17.9 Å². The van der Waals surface area contributed by atoms with E-state index in [4.69, 9.17) is 10.5 Å². The molecule has 0 radical (unpaired) electrons. The number of aryl methyl sites for hydroxylation is 1. The highest BCUT2D eigenvalue weighted by Gasteiger charge is 2.23. The van der Waals surface area contributed by atoms with Crippen molar-refractivity contribution in [1.82, 2.24) is 10.2 Å². The van der Waals surface area contributed by atoms with Gasteiger partial charge in [0.05, 0.1) is 6.42 Å². The topological polar surface area (TPSA) is 87.8 Å². The van der Waals surface area contributed by atoms with Crippen LogP contribution in [0, 0.1) is 6.92 Å². The number of para-hydroxylation sites is 1. The van der Waals surface area contributed by atoms with E-state index in [9.17, 15) is 9.90 Å². The Morgan fingerprint density at radius 2 is 2.09 bits per heavy atom. The van der Waals surface area contributed by atoms with E-state index in [1.807, 2.05) is 19.2 Å². The number of carbonyl (C=O) groups is 1.